The molecule has 0 saturated carbocycles. The number of amides is 1. The number of hydrogen-bond acceptors (Lipinski definition) is 2. The van der Waals surface area contributed by atoms with Crippen molar-refractivity contribution in [2.24, 2.45) is 0 Å². The van der Waals surface area contributed by atoms with Crippen LogP contribution in [0.15, 0.2) is 0 Å². The smallest absolute Gasteiger partial charge is 0.221 e. The van der Waals surface area contributed by atoms with Crippen LogP contribution in [0.4, 0.5) is 0 Å². The molecule has 1 saturated heterocycles. The first-order valence-electron chi connectivity index (χ1n) is 5.21. The highest BCUT2D eigenvalue weighted by molar-refractivity contribution is 5.76. The van der Waals surface area contributed by atoms with E-state index in [1.54, 1.807) is 0 Å². The van der Waals surface area contributed by atoms with E-state index in [9.17, 15) is 4.79 Å². The fourth-order valence-electron chi connectivity index (χ4n) is 1.70. The van der Waals surface area contributed by atoms with Gasteiger partial charge in [0.2, 0.25) is 5.91 Å². The highest BCUT2D eigenvalue weighted by Gasteiger charge is 2.16. The van der Waals surface area contributed by atoms with Gasteiger partial charge in [0.15, 0.2) is 0 Å². The molecule has 1 unspecified atom stereocenters. The maximum absolute atomic E-state index is 11.4. The Morgan fingerprint density at radius 1 is 1.54 bits per heavy atom. The first-order valence-corrected chi connectivity index (χ1v) is 5.21. The molecular weight excluding hydrogens is 164 g/mol. The molecule has 3 nitrogen and oxygen atoms in total. The molecule has 1 fully saturated rings. The van der Waals surface area contributed by atoms with Gasteiger partial charge >= 0.3 is 0 Å². The molecule has 76 valence electrons. The van der Waals surface area contributed by atoms with Crippen molar-refractivity contribution in [3.05, 3.63) is 0 Å². The van der Waals surface area contributed by atoms with Crippen LogP contribution in [0.3, 0.4) is 0 Å². The largest absolute Gasteiger partial charge is 0.354 e. The molecule has 0 aromatic carbocycles. The lowest BCUT2D eigenvalue weighted by molar-refractivity contribution is -0.122. The summed E-state index contributed by atoms with van der Waals surface area (Å²) in [5.74, 6) is 0.175. The van der Waals surface area contributed by atoms with Crippen LogP contribution >= 0.6 is 0 Å². The summed E-state index contributed by atoms with van der Waals surface area (Å²) in [5.41, 5.74) is 0. The van der Waals surface area contributed by atoms with E-state index in [2.05, 4.69) is 10.6 Å². The van der Waals surface area contributed by atoms with Crippen molar-refractivity contribution in [1.29, 1.82) is 0 Å². The van der Waals surface area contributed by atoms with Crippen LogP contribution in [0.1, 0.15) is 39.5 Å². The molecule has 1 rings (SSSR count). The van der Waals surface area contributed by atoms with E-state index in [1.807, 2.05) is 13.8 Å². The maximum Gasteiger partial charge on any atom is 0.221 e. The molecule has 1 amide bonds. The summed E-state index contributed by atoms with van der Waals surface area (Å²) in [6.07, 6.45) is 4.29. The summed E-state index contributed by atoms with van der Waals surface area (Å²) in [7, 11) is 0. The Kier molecular flexibility index (Phi) is 4.22. The average molecular weight is 184 g/mol. The average Bonchev–Trinajstić information content (AvgIpc) is 2.04. The van der Waals surface area contributed by atoms with E-state index in [4.69, 9.17) is 0 Å². The molecule has 0 aromatic rings. The second-order valence-corrected chi connectivity index (χ2v) is 4.07. The molecule has 2 N–H and O–H groups in total. The normalized spacial score (nSPS) is 23.2. The predicted molar refractivity (Wildman–Crippen MR) is 53.5 cm³/mol. The van der Waals surface area contributed by atoms with Gasteiger partial charge < -0.3 is 10.6 Å². The molecule has 3 heteroatoms. The van der Waals surface area contributed by atoms with Crippen LogP contribution < -0.4 is 10.6 Å². The van der Waals surface area contributed by atoms with Gasteiger partial charge in [-0.2, -0.15) is 0 Å². The Morgan fingerprint density at radius 3 is 2.85 bits per heavy atom. The molecule has 0 aromatic heterocycles. The van der Waals surface area contributed by atoms with E-state index < -0.39 is 0 Å². The van der Waals surface area contributed by atoms with Gasteiger partial charge in [0.05, 0.1) is 0 Å². The van der Waals surface area contributed by atoms with Crippen LogP contribution in [0.2, 0.25) is 0 Å². The number of nitrogens with one attached hydrogen (secondary N) is 2. The lowest BCUT2D eigenvalue weighted by Crippen LogP contribution is -2.40. The summed E-state index contributed by atoms with van der Waals surface area (Å²) in [4.78, 5) is 11.4. The third-order valence-electron chi connectivity index (χ3n) is 2.29. The highest BCUT2D eigenvalue weighted by atomic mass is 16.1. The highest BCUT2D eigenvalue weighted by Crippen LogP contribution is 2.09. The van der Waals surface area contributed by atoms with Crippen molar-refractivity contribution in [3.63, 3.8) is 0 Å². The van der Waals surface area contributed by atoms with Gasteiger partial charge in [-0.1, -0.05) is 6.42 Å². The minimum absolute atomic E-state index is 0.175. The van der Waals surface area contributed by atoms with Crippen molar-refractivity contribution in [3.8, 4) is 0 Å². The number of rotatable bonds is 3. The summed E-state index contributed by atoms with van der Waals surface area (Å²) in [6, 6.07) is 0.670. The third-order valence-corrected chi connectivity index (χ3v) is 2.29. The van der Waals surface area contributed by atoms with Gasteiger partial charge in [0.25, 0.3) is 0 Å². The van der Waals surface area contributed by atoms with Gasteiger partial charge in [-0.05, 0) is 33.2 Å². The zero-order valence-electron chi connectivity index (χ0n) is 8.60. The molecule has 13 heavy (non-hydrogen) atoms. The van der Waals surface area contributed by atoms with E-state index in [0.29, 0.717) is 12.5 Å². The molecule has 1 aliphatic rings. The summed E-state index contributed by atoms with van der Waals surface area (Å²) in [5, 5.41) is 6.27. The minimum Gasteiger partial charge on any atom is -0.354 e. The van der Waals surface area contributed by atoms with Crippen LogP contribution in [-0.2, 0) is 4.79 Å². The topological polar surface area (TPSA) is 41.1 Å². The fourth-order valence-corrected chi connectivity index (χ4v) is 1.70. The summed E-state index contributed by atoms with van der Waals surface area (Å²) >= 11 is 0. The van der Waals surface area contributed by atoms with Crippen molar-refractivity contribution < 1.29 is 4.79 Å². The van der Waals surface area contributed by atoms with E-state index in [0.717, 1.165) is 13.0 Å². The monoisotopic (exact) mass is 184 g/mol. The van der Waals surface area contributed by atoms with Gasteiger partial charge in [-0.25, -0.2) is 0 Å². The maximum atomic E-state index is 11.4. The minimum atomic E-state index is 0.175. The summed E-state index contributed by atoms with van der Waals surface area (Å²) in [6.45, 7) is 5.05. The second kappa shape index (κ2) is 5.22. The molecule has 1 aliphatic heterocycles. The Morgan fingerprint density at radius 2 is 2.31 bits per heavy atom. The Labute approximate surface area is 80.3 Å². The lowest BCUT2D eigenvalue weighted by Gasteiger charge is -2.23. The molecular formula is C10H20N2O. The third kappa shape index (κ3) is 4.27. The van der Waals surface area contributed by atoms with E-state index >= 15 is 0 Å². The van der Waals surface area contributed by atoms with Gasteiger partial charge in [-0.15, -0.1) is 0 Å². The summed E-state index contributed by atoms with van der Waals surface area (Å²) < 4.78 is 0. The van der Waals surface area contributed by atoms with E-state index in [-0.39, 0.29) is 11.9 Å². The van der Waals surface area contributed by atoms with Crippen molar-refractivity contribution >= 4 is 5.91 Å². The Balaban J connectivity index is 2.18. The van der Waals surface area contributed by atoms with Crippen LogP contribution in [0.25, 0.3) is 0 Å². The standard InChI is InChI=1S/C10H20N2O/c1-8(2)12-10(13)7-9-5-3-4-6-11-9/h8-9,11H,3-7H2,1-2H3,(H,12,13). The van der Waals surface area contributed by atoms with Gasteiger partial charge in [0.1, 0.15) is 0 Å². The van der Waals surface area contributed by atoms with Crippen molar-refractivity contribution in [2.75, 3.05) is 6.54 Å². The number of piperidine rings is 1. The first kappa shape index (κ1) is 10.5. The SMILES string of the molecule is CC(C)NC(=O)CC1CCCCN1. The zero-order chi connectivity index (χ0) is 9.68. The van der Waals surface area contributed by atoms with Crippen molar-refractivity contribution in [1.82, 2.24) is 10.6 Å². The van der Waals surface area contributed by atoms with E-state index in [1.165, 1.54) is 12.8 Å². The van der Waals surface area contributed by atoms with Crippen molar-refractivity contribution in [2.45, 2.75) is 51.6 Å². The molecule has 1 atom stereocenters. The quantitative estimate of drug-likeness (QED) is 0.688. The Bertz CT molecular complexity index is 162. The zero-order valence-corrected chi connectivity index (χ0v) is 8.60. The second-order valence-electron chi connectivity index (χ2n) is 4.07. The van der Waals surface area contributed by atoms with Crippen LogP contribution in [-0.4, -0.2) is 24.5 Å². The number of hydrogen-bond donors (Lipinski definition) is 2. The Hall–Kier alpha value is -0.570. The van der Waals surface area contributed by atoms with Crippen LogP contribution in [0.5, 0.6) is 0 Å². The molecule has 1 heterocycles. The van der Waals surface area contributed by atoms with Gasteiger partial charge in [-0.3, -0.25) is 4.79 Å². The van der Waals surface area contributed by atoms with Crippen LogP contribution in [0, 0.1) is 0 Å². The molecule has 0 bridgehead atoms. The predicted octanol–water partition coefficient (Wildman–Crippen LogP) is 1.04. The van der Waals surface area contributed by atoms with Gasteiger partial charge in [0, 0.05) is 18.5 Å². The number of carbonyl (C=O) groups is 1. The fraction of sp³-hybridized carbons (Fsp3) is 0.900. The lowest BCUT2D eigenvalue weighted by atomic mass is 10.0. The molecule has 0 spiro atoms. The molecule has 0 radical (unpaired) electrons. The first-order chi connectivity index (χ1) is 6.18. The number of carbonyl (C=O) groups excluding carboxylic acids is 1. The molecule has 0 aliphatic carbocycles.